The smallest absolute Gasteiger partial charge is 0.135 e. The average molecular weight is 825 g/mol. The number of rotatable bonds is 3. The van der Waals surface area contributed by atoms with Gasteiger partial charge in [-0.05, 0) is 142 Å². The maximum atomic E-state index is 6.34. The van der Waals surface area contributed by atoms with E-state index in [1.54, 1.807) is 0 Å². The lowest BCUT2D eigenvalue weighted by Gasteiger charge is -2.32. The standard InChI is InChI=1S/C63H36O2/c1-6-25-54-41(14-1)42-15-2-7-26-55(42)63(54)56-27-8-3-16-43(56)48-23-13-24-49(62(48)63)61-46-21-11-19-39(37-30-32-59-52(34-37)44-17-4-9-28-57(44)64-59)50(46)36-51-40(20-12-22-47(51)61)38-31-33-60-53(35-38)45-18-5-10-29-58(45)65-60/h1-36H. The molecule has 0 aliphatic heterocycles. The van der Waals surface area contributed by atoms with E-state index in [1.807, 2.05) is 12.1 Å². The zero-order valence-electron chi connectivity index (χ0n) is 35.1. The maximum Gasteiger partial charge on any atom is 0.135 e. The molecule has 0 fully saturated rings. The molecule has 13 aromatic rings. The Morgan fingerprint density at radius 3 is 1.17 bits per heavy atom. The summed E-state index contributed by atoms with van der Waals surface area (Å²) in [5, 5.41) is 9.36. The van der Waals surface area contributed by atoms with E-state index < -0.39 is 5.41 Å². The Bertz CT molecular complexity index is 3960. The van der Waals surface area contributed by atoms with Gasteiger partial charge in [-0.3, -0.25) is 0 Å². The van der Waals surface area contributed by atoms with Crippen molar-refractivity contribution in [1.29, 1.82) is 0 Å². The van der Waals surface area contributed by atoms with Crippen LogP contribution in [0.5, 0.6) is 0 Å². The summed E-state index contributed by atoms with van der Waals surface area (Å²) in [4.78, 5) is 0. The van der Waals surface area contributed by atoms with Gasteiger partial charge in [0, 0.05) is 21.5 Å². The van der Waals surface area contributed by atoms with Gasteiger partial charge in [-0.15, -0.1) is 0 Å². The van der Waals surface area contributed by atoms with Gasteiger partial charge in [0.25, 0.3) is 0 Å². The van der Waals surface area contributed by atoms with Crippen molar-refractivity contribution >= 4 is 65.4 Å². The zero-order valence-corrected chi connectivity index (χ0v) is 35.1. The van der Waals surface area contributed by atoms with Gasteiger partial charge in [-0.25, -0.2) is 0 Å². The number of para-hydroxylation sites is 2. The van der Waals surface area contributed by atoms with Gasteiger partial charge in [-0.1, -0.05) is 176 Å². The van der Waals surface area contributed by atoms with Crippen LogP contribution in [0.15, 0.2) is 227 Å². The Labute approximate surface area is 374 Å². The average Bonchev–Trinajstić information content (AvgIpc) is 4.10. The first-order chi connectivity index (χ1) is 32.2. The van der Waals surface area contributed by atoms with Crippen LogP contribution in [0.3, 0.4) is 0 Å². The van der Waals surface area contributed by atoms with Crippen LogP contribution in [0.25, 0.3) is 121 Å². The first kappa shape index (κ1) is 35.1. The third kappa shape index (κ3) is 4.58. The molecule has 2 nitrogen and oxygen atoms in total. The fourth-order valence-electron chi connectivity index (χ4n) is 12.1. The summed E-state index contributed by atoms with van der Waals surface area (Å²) in [7, 11) is 0. The molecule has 2 heteroatoms. The van der Waals surface area contributed by atoms with Gasteiger partial charge in [0.05, 0.1) is 5.41 Å². The molecular weight excluding hydrogens is 789 g/mol. The minimum absolute atomic E-state index is 0.514. The second-order valence-electron chi connectivity index (χ2n) is 17.8. The third-order valence-corrected chi connectivity index (χ3v) is 14.7. The van der Waals surface area contributed by atoms with Crippen molar-refractivity contribution in [3.63, 3.8) is 0 Å². The Morgan fingerprint density at radius 1 is 0.246 bits per heavy atom. The van der Waals surface area contributed by atoms with Crippen LogP contribution in [0.4, 0.5) is 0 Å². The monoisotopic (exact) mass is 824 g/mol. The third-order valence-electron chi connectivity index (χ3n) is 14.7. The number of benzene rings is 11. The quantitative estimate of drug-likeness (QED) is 0.166. The van der Waals surface area contributed by atoms with Gasteiger partial charge in [0.15, 0.2) is 0 Å². The van der Waals surface area contributed by atoms with E-state index in [9.17, 15) is 0 Å². The predicted octanol–water partition coefficient (Wildman–Crippen LogP) is 17.1. The predicted molar refractivity (Wildman–Crippen MR) is 269 cm³/mol. The van der Waals surface area contributed by atoms with Crippen molar-refractivity contribution in [2.24, 2.45) is 0 Å². The molecule has 11 aromatic carbocycles. The number of hydrogen-bond donors (Lipinski definition) is 0. The lowest BCUT2D eigenvalue weighted by atomic mass is 9.68. The Balaban J connectivity index is 1.09. The van der Waals surface area contributed by atoms with Gasteiger partial charge in [-0.2, -0.15) is 0 Å². The van der Waals surface area contributed by atoms with E-state index in [2.05, 4.69) is 206 Å². The van der Waals surface area contributed by atoms with Crippen molar-refractivity contribution in [1.82, 2.24) is 0 Å². The van der Waals surface area contributed by atoms with Crippen LogP contribution in [0, 0.1) is 0 Å². The highest BCUT2D eigenvalue weighted by Gasteiger charge is 2.52. The fraction of sp³-hybridized carbons (Fsp3) is 0.0159. The first-order valence-electron chi connectivity index (χ1n) is 22.5. The highest BCUT2D eigenvalue weighted by atomic mass is 16.3. The zero-order chi connectivity index (χ0) is 42.4. The fourth-order valence-corrected chi connectivity index (χ4v) is 12.1. The van der Waals surface area contributed by atoms with Crippen LogP contribution < -0.4 is 0 Å². The molecule has 65 heavy (non-hydrogen) atoms. The van der Waals surface area contributed by atoms with Gasteiger partial charge >= 0.3 is 0 Å². The molecule has 2 aliphatic rings. The molecule has 0 N–H and O–H groups in total. The lowest BCUT2D eigenvalue weighted by molar-refractivity contribution is 0.668. The molecule has 0 amide bonds. The summed E-state index contributed by atoms with van der Waals surface area (Å²) in [6.07, 6.45) is 0. The van der Waals surface area contributed by atoms with Gasteiger partial charge < -0.3 is 8.83 Å². The van der Waals surface area contributed by atoms with Crippen molar-refractivity contribution in [3.8, 4) is 55.6 Å². The molecule has 300 valence electrons. The summed E-state index contributed by atoms with van der Waals surface area (Å²) in [5.41, 5.74) is 20.8. The molecule has 0 unspecified atom stereocenters. The second-order valence-corrected chi connectivity index (χ2v) is 17.8. The molecular formula is C63H36O2. The Kier molecular flexibility index (Phi) is 6.91. The van der Waals surface area contributed by atoms with E-state index in [0.29, 0.717) is 0 Å². The van der Waals surface area contributed by atoms with Crippen molar-refractivity contribution in [2.75, 3.05) is 0 Å². The van der Waals surface area contributed by atoms with Crippen LogP contribution >= 0.6 is 0 Å². The second kappa shape index (κ2) is 12.8. The molecule has 2 aromatic heterocycles. The van der Waals surface area contributed by atoms with E-state index in [0.717, 1.165) is 55.0 Å². The number of furan rings is 2. The Hall–Kier alpha value is -8.46. The van der Waals surface area contributed by atoms with Crippen molar-refractivity contribution in [2.45, 2.75) is 5.41 Å². The van der Waals surface area contributed by atoms with E-state index in [-0.39, 0.29) is 0 Å². The Morgan fingerprint density at radius 2 is 0.631 bits per heavy atom. The molecule has 0 bridgehead atoms. The van der Waals surface area contributed by atoms with Crippen LogP contribution in [-0.4, -0.2) is 0 Å². The molecule has 1 spiro atoms. The molecule has 15 rings (SSSR count). The van der Waals surface area contributed by atoms with E-state index in [4.69, 9.17) is 8.83 Å². The van der Waals surface area contributed by atoms with Crippen LogP contribution in [-0.2, 0) is 5.41 Å². The summed E-state index contributed by atoms with van der Waals surface area (Å²) < 4.78 is 12.7. The lowest BCUT2D eigenvalue weighted by Crippen LogP contribution is -2.26. The molecule has 0 radical (unpaired) electrons. The molecule has 0 saturated carbocycles. The molecule has 0 saturated heterocycles. The van der Waals surface area contributed by atoms with E-state index >= 15 is 0 Å². The van der Waals surface area contributed by atoms with Crippen molar-refractivity contribution in [3.05, 3.63) is 241 Å². The largest absolute Gasteiger partial charge is 0.456 e. The normalized spacial score (nSPS) is 13.4. The van der Waals surface area contributed by atoms with Gasteiger partial charge in [0.1, 0.15) is 22.3 Å². The minimum atomic E-state index is -0.514. The van der Waals surface area contributed by atoms with E-state index in [1.165, 1.54) is 88.3 Å². The topological polar surface area (TPSA) is 26.3 Å². The van der Waals surface area contributed by atoms with Gasteiger partial charge in [0.2, 0.25) is 0 Å². The number of hydrogen-bond acceptors (Lipinski definition) is 2. The summed E-state index contributed by atoms with van der Waals surface area (Å²) in [6.45, 7) is 0. The first-order valence-corrected chi connectivity index (χ1v) is 22.5. The highest BCUT2D eigenvalue weighted by Crippen LogP contribution is 2.65. The van der Waals surface area contributed by atoms with Crippen LogP contribution in [0.2, 0.25) is 0 Å². The van der Waals surface area contributed by atoms with Crippen LogP contribution in [0.1, 0.15) is 22.3 Å². The number of fused-ring (bicyclic) bond motifs is 18. The molecule has 2 aliphatic carbocycles. The molecule has 0 atom stereocenters. The molecule has 2 heterocycles. The minimum Gasteiger partial charge on any atom is -0.456 e. The highest BCUT2D eigenvalue weighted by molar-refractivity contribution is 6.21. The summed E-state index contributed by atoms with van der Waals surface area (Å²) in [6, 6.07) is 80.7. The van der Waals surface area contributed by atoms with Crippen molar-refractivity contribution < 1.29 is 8.83 Å². The maximum absolute atomic E-state index is 6.34. The summed E-state index contributed by atoms with van der Waals surface area (Å²) in [5.74, 6) is 0. The summed E-state index contributed by atoms with van der Waals surface area (Å²) >= 11 is 0. The SMILES string of the molecule is c1ccc2c(c1)-c1ccccc1C21c2ccccc2-c2cccc(-c3c4cccc(-c5ccc6oc7ccccc7c6c5)c4cc4c(-c5ccc6oc7ccccc7c6c5)cccc34)c21.